The van der Waals surface area contributed by atoms with E-state index in [9.17, 15) is 14.4 Å². The molecular formula is C17H20ClN3O3. The summed E-state index contributed by atoms with van der Waals surface area (Å²) < 4.78 is 0. The van der Waals surface area contributed by atoms with Crippen molar-refractivity contribution in [3.05, 3.63) is 34.9 Å². The van der Waals surface area contributed by atoms with Gasteiger partial charge < -0.3 is 10.2 Å². The first kappa shape index (κ1) is 16.8. The van der Waals surface area contributed by atoms with Crippen LogP contribution in [-0.2, 0) is 15.1 Å². The lowest BCUT2D eigenvalue weighted by molar-refractivity contribution is -0.126. The first-order valence-electron chi connectivity index (χ1n) is 8.14. The van der Waals surface area contributed by atoms with Crippen LogP contribution in [0.5, 0.6) is 0 Å². The van der Waals surface area contributed by atoms with Crippen LogP contribution in [-0.4, -0.2) is 35.8 Å². The zero-order chi connectivity index (χ0) is 17.2. The van der Waals surface area contributed by atoms with Gasteiger partial charge in [0.2, 0.25) is 11.8 Å². The molecule has 7 heteroatoms. The van der Waals surface area contributed by atoms with E-state index in [1.807, 2.05) is 24.3 Å². The maximum absolute atomic E-state index is 12.5. The number of urea groups is 1. The molecule has 2 N–H and O–H groups in total. The fourth-order valence-electron chi connectivity index (χ4n) is 3.46. The number of nitrogens with zero attached hydrogens (tertiary/aromatic N) is 1. The molecule has 0 unspecified atom stereocenters. The molecule has 1 aliphatic carbocycles. The van der Waals surface area contributed by atoms with Gasteiger partial charge in [-0.15, -0.1) is 0 Å². The molecule has 128 valence electrons. The Kier molecular flexibility index (Phi) is 4.76. The molecule has 1 aromatic carbocycles. The second-order valence-corrected chi connectivity index (χ2v) is 6.81. The second-order valence-electron chi connectivity index (χ2n) is 6.37. The number of carbonyl (C=O) groups excluding carboxylic acids is 3. The van der Waals surface area contributed by atoms with Gasteiger partial charge in [0.05, 0.1) is 5.54 Å². The molecule has 4 amide bonds. The van der Waals surface area contributed by atoms with Gasteiger partial charge in [-0.05, 0) is 30.5 Å². The van der Waals surface area contributed by atoms with Crippen LogP contribution in [0.1, 0.15) is 37.7 Å². The average molecular weight is 350 g/mol. The predicted molar refractivity (Wildman–Crippen MR) is 89.5 cm³/mol. The Hall–Kier alpha value is -2.08. The Bertz CT molecular complexity index is 654. The number of imide groups is 1. The summed E-state index contributed by atoms with van der Waals surface area (Å²) in [4.78, 5) is 36.8. The molecule has 6 nitrogen and oxygen atoms in total. The van der Waals surface area contributed by atoms with Gasteiger partial charge in [0.25, 0.3) is 0 Å². The number of halogens is 1. The van der Waals surface area contributed by atoms with Crippen LogP contribution >= 0.6 is 11.6 Å². The largest absolute Gasteiger partial charge is 0.345 e. The van der Waals surface area contributed by atoms with Gasteiger partial charge in [-0.3, -0.25) is 14.9 Å². The summed E-state index contributed by atoms with van der Waals surface area (Å²) in [6.07, 6.45) is 4.04. The predicted octanol–water partition coefficient (Wildman–Crippen LogP) is 2.17. The van der Waals surface area contributed by atoms with E-state index in [1.165, 1.54) is 4.90 Å². The summed E-state index contributed by atoms with van der Waals surface area (Å²) in [5, 5.41) is 6.01. The van der Waals surface area contributed by atoms with E-state index in [0.717, 1.165) is 31.2 Å². The minimum absolute atomic E-state index is 0.0472. The SMILES string of the molecule is O=C1CCN(CC(=O)NC2(c3ccc(Cl)cc3)CCCC2)C(=O)N1. The summed E-state index contributed by atoms with van der Waals surface area (Å²) in [6.45, 7) is 0.223. The maximum atomic E-state index is 12.5. The Morgan fingerprint density at radius 1 is 1.21 bits per heavy atom. The minimum Gasteiger partial charge on any atom is -0.345 e. The lowest BCUT2D eigenvalue weighted by Gasteiger charge is -2.33. The molecular weight excluding hydrogens is 330 g/mol. The Morgan fingerprint density at radius 3 is 2.50 bits per heavy atom. The van der Waals surface area contributed by atoms with Gasteiger partial charge in [0.15, 0.2) is 0 Å². The number of amides is 4. The quantitative estimate of drug-likeness (QED) is 0.874. The van der Waals surface area contributed by atoms with Gasteiger partial charge >= 0.3 is 6.03 Å². The zero-order valence-corrected chi connectivity index (χ0v) is 14.1. The molecule has 3 rings (SSSR count). The van der Waals surface area contributed by atoms with Crippen molar-refractivity contribution in [1.82, 2.24) is 15.5 Å². The third-order valence-corrected chi connectivity index (χ3v) is 4.96. The van der Waals surface area contributed by atoms with Crippen molar-refractivity contribution in [2.24, 2.45) is 0 Å². The van der Waals surface area contributed by atoms with Crippen LogP contribution in [0.15, 0.2) is 24.3 Å². The molecule has 2 aliphatic rings. The highest BCUT2D eigenvalue weighted by Gasteiger charge is 2.37. The Labute approximate surface area is 145 Å². The van der Waals surface area contributed by atoms with E-state index in [2.05, 4.69) is 10.6 Å². The topological polar surface area (TPSA) is 78.5 Å². The molecule has 2 fully saturated rings. The average Bonchev–Trinajstić information content (AvgIpc) is 3.00. The van der Waals surface area contributed by atoms with Gasteiger partial charge in [-0.1, -0.05) is 36.6 Å². The molecule has 24 heavy (non-hydrogen) atoms. The zero-order valence-electron chi connectivity index (χ0n) is 13.3. The maximum Gasteiger partial charge on any atom is 0.324 e. The van der Waals surface area contributed by atoms with E-state index in [0.29, 0.717) is 5.02 Å². The first-order valence-corrected chi connectivity index (χ1v) is 8.52. The fourth-order valence-corrected chi connectivity index (χ4v) is 3.59. The molecule has 0 bridgehead atoms. The lowest BCUT2D eigenvalue weighted by Crippen LogP contribution is -2.54. The van der Waals surface area contributed by atoms with E-state index >= 15 is 0 Å². The molecule has 1 saturated carbocycles. The number of nitrogens with one attached hydrogen (secondary N) is 2. The fraction of sp³-hybridized carbons (Fsp3) is 0.471. The molecule has 1 aromatic rings. The van der Waals surface area contributed by atoms with Crippen molar-refractivity contribution in [1.29, 1.82) is 0 Å². The van der Waals surface area contributed by atoms with Crippen molar-refractivity contribution in [3.8, 4) is 0 Å². The van der Waals surface area contributed by atoms with Gasteiger partial charge in [0.1, 0.15) is 6.54 Å². The van der Waals surface area contributed by atoms with Gasteiger partial charge in [0, 0.05) is 18.0 Å². The van der Waals surface area contributed by atoms with Crippen molar-refractivity contribution in [2.45, 2.75) is 37.6 Å². The number of carbonyl (C=O) groups is 3. The number of rotatable bonds is 4. The number of benzene rings is 1. The standard InChI is InChI=1S/C17H20ClN3O3/c18-13-5-3-12(4-6-13)17(8-1-2-9-17)20-15(23)11-21-10-7-14(22)19-16(21)24/h3-6H,1-2,7-11H2,(H,20,23)(H,19,22,24). The van der Waals surface area contributed by atoms with E-state index in [1.54, 1.807) is 0 Å². The van der Waals surface area contributed by atoms with Crippen molar-refractivity contribution in [3.63, 3.8) is 0 Å². The van der Waals surface area contributed by atoms with Crippen molar-refractivity contribution < 1.29 is 14.4 Å². The Balaban J connectivity index is 1.69. The molecule has 1 saturated heterocycles. The highest BCUT2D eigenvalue weighted by atomic mass is 35.5. The smallest absolute Gasteiger partial charge is 0.324 e. The highest BCUT2D eigenvalue weighted by molar-refractivity contribution is 6.30. The summed E-state index contributed by atoms with van der Waals surface area (Å²) in [7, 11) is 0. The van der Waals surface area contributed by atoms with Crippen molar-refractivity contribution >= 4 is 29.4 Å². The molecule has 1 heterocycles. The van der Waals surface area contributed by atoms with E-state index < -0.39 is 11.6 Å². The summed E-state index contributed by atoms with van der Waals surface area (Å²) in [5.41, 5.74) is 0.639. The molecule has 0 spiro atoms. The van der Waals surface area contributed by atoms with Crippen LogP contribution in [0.2, 0.25) is 5.02 Å². The van der Waals surface area contributed by atoms with Crippen LogP contribution in [0.4, 0.5) is 4.79 Å². The normalized spacial score (nSPS) is 20.0. The minimum atomic E-state index is -0.506. The number of hydrogen-bond donors (Lipinski definition) is 2. The molecule has 0 radical (unpaired) electrons. The monoisotopic (exact) mass is 349 g/mol. The van der Waals surface area contributed by atoms with Gasteiger partial charge in [-0.25, -0.2) is 4.79 Å². The highest BCUT2D eigenvalue weighted by Crippen LogP contribution is 2.39. The molecule has 0 aromatic heterocycles. The third-order valence-electron chi connectivity index (χ3n) is 4.71. The summed E-state index contributed by atoms with van der Waals surface area (Å²) in [5.74, 6) is -0.513. The van der Waals surface area contributed by atoms with Crippen LogP contribution in [0, 0.1) is 0 Å². The van der Waals surface area contributed by atoms with E-state index in [-0.39, 0.29) is 31.3 Å². The third kappa shape index (κ3) is 3.53. The van der Waals surface area contributed by atoms with Crippen LogP contribution in [0.25, 0.3) is 0 Å². The number of hydrogen-bond acceptors (Lipinski definition) is 3. The first-order chi connectivity index (χ1) is 11.5. The van der Waals surface area contributed by atoms with Gasteiger partial charge in [-0.2, -0.15) is 0 Å². The summed E-state index contributed by atoms with van der Waals surface area (Å²) in [6, 6.07) is 7.04. The molecule has 1 aliphatic heterocycles. The second kappa shape index (κ2) is 6.81. The Morgan fingerprint density at radius 2 is 1.88 bits per heavy atom. The van der Waals surface area contributed by atoms with Crippen molar-refractivity contribution in [2.75, 3.05) is 13.1 Å². The van der Waals surface area contributed by atoms with Crippen LogP contribution in [0.3, 0.4) is 0 Å². The lowest BCUT2D eigenvalue weighted by atomic mass is 9.88. The summed E-state index contributed by atoms with van der Waals surface area (Å²) >= 11 is 5.96. The van der Waals surface area contributed by atoms with E-state index in [4.69, 9.17) is 11.6 Å². The van der Waals surface area contributed by atoms with Crippen LogP contribution < -0.4 is 10.6 Å². The molecule has 0 atom stereocenters.